The van der Waals surface area contributed by atoms with Crippen LogP contribution in [0.2, 0.25) is 0 Å². The minimum Gasteiger partial charge on any atom is -0.383 e. The monoisotopic (exact) mass is 199 g/mol. The normalized spacial score (nSPS) is 13.7. The van der Waals surface area contributed by atoms with Crippen LogP contribution in [0.3, 0.4) is 0 Å². The molecule has 0 aromatic carbocycles. The van der Waals surface area contributed by atoms with Crippen LogP contribution in [-0.4, -0.2) is 7.05 Å². The van der Waals surface area contributed by atoms with E-state index in [1.54, 1.807) is 0 Å². The second-order valence-electron chi connectivity index (χ2n) is 3.17. The number of hydrogen-bond acceptors (Lipinski definition) is 2. The summed E-state index contributed by atoms with van der Waals surface area (Å²) in [6.45, 7) is 8.70. The molecule has 0 aromatic rings. The molecule has 0 aliphatic heterocycles. The van der Waals surface area contributed by atoms with Crippen LogP contribution in [0.5, 0.6) is 0 Å². The van der Waals surface area contributed by atoms with Gasteiger partial charge in [0.25, 0.3) is 0 Å². The van der Waals surface area contributed by atoms with E-state index in [1.165, 1.54) is 9.93 Å². The van der Waals surface area contributed by atoms with Crippen molar-refractivity contribution >= 4 is 11.8 Å². The lowest BCUT2D eigenvalue weighted by Gasteiger charge is -2.12. The van der Waals surface area contributed by atoms with E-state index in [0.29, 0.717) is 5.92 Å². The molecule has 0 amide bonds. The first-order chi connectivity index (χ1) is 6.15. The third-order valence-electron chi connectivity index (χ3n) is 1.72. The molecule has 0 rings (SSSR count). The standard InChI is InChI=1S/C11H21NS/c1-6-8-11(12-5)13-10(7-2)9(3)4/h7-9,12H,6H2,1-5H3/b10-7-,11-8-. The van der Waals surface area contributed by atoms with Gasteiger partial charge in [-0.1, -0.05) is 44.7 Å². The van der Waals surface area contributed by atoms with Gasteiger partial charge in [-0.05, 0) is 24.2 Å². The van der Waals surface area contributed by atoms with E-state index in [1.807, 2.05) is 18.8 Å². The summed E-state index contributed by atoms with van der Waals surface area (Å²) in [5.74, 6) is 0.614. The molecule has 1 N–H and O–H groups in total. The topological polar surface area (TPSA) is 12.0 Å². The number of hydrogen-bond donors (Lipinski definition) is 1. The van der Waals surface area contributed by atoms with Crippen LogP contribution in [-0.2, 0) is 0 Å². The molecule has 76 valence electrons. The molecule has 0 saturated carbocycles. The quantitative estimate of drug-likeness (QED) is 0.723. The van der Waals surface area contributed by atoms with E-state index >= 15 is 0 Å². The second kappa shape index (κ2) is 7.07. The maximum atomic E-state index is 3.21. The zero-order chi connectivity index (χ0) is 10.3. The minimum absolute atomic E-state index is 0.614. The molecular weight excluding hydrogens is 178 g/mol. The summed E-state index contributed by atoms with van der Waals surface area (Å²) in [4.78, 5) is 1.43. The van der Waals surface area contributed by atoms with Gasteiger partial charge in [-0.15, -0.1) is 0 Å². The summed E-state index contributed by atoms with van der Waals surface area (Å²) in [5.41, 5.74) is 0. The van der Waals surface area contributed by atoms with Crippen molar-refractivity contribution in [2.75, 3.05) is 7.05 Å². The van der Waals surface area contributed by atoms with Crippen molar-refractivity contribution in [2.45, 2.75) is 34.1 Å². The van der Waals surface area contributed by atoms with Crippen molar-refractivity contribution in [3.8, 4) is 0 Å². The molecule has 0 unspecified atom stereocenters. The van der Waals surface area contributed by atoms with Crippen LogP contribution >= 0.6 is 11.8 Å². The average Bonchev–Trinajstić information content (AvgIpc) is 2.11. The Labute approximate surface area is 86.7 Å². The maximum Gasteiger partial charge on any atom is 0.0683 e. The zero-order valence-corrected chi connectivity index (χ0v) is 10.2. The van der Waals surface area contributed by atoms with Crippen LogP contribution in [0.15, 0.2) is 22.1 Å². The maximum absolute atomic E-state index is 3.21. The van der Waals surface area contributed by atoms with Gasteiger partial charge in [0, 0.05) is 7.05 Å². The van der Waals surface area contributed by atoms with Crippen molar-refractivity contribution in [3.63, 3.8) is 0 Å². The largest absolute Gasteiger partial charge is 0.383 e. The van der Waals surface area contributed by atoms with E-state index in [9.17, 15) is 0 Å². The first-order valence-electron chi connectivity index (χ1n) is 4.87. The SMILES string of the molecule is C/C=C(\S/C(=C\CC)NC)C(C)C. The Morgan fingerprint density at radius 2 is 2.08 bits per heavy atom. The molecule has 0 fully saturated rings. The first-order valence-corrected chi connectivity index (χ1v) is 5.69. The number of rotatable bonds is 5. The highest BCUT2D eigenvalue weighted by Crippen LogP contribution is 2.29. The average molecular weight is 199 g/mol. The van der Waals surface area contributed by atoms with Crippen molar-refractivity contribution in [3.05, 3.63) is 22.1 Å². The fourth-order valence-electron chi connectivity index (χ4n) is 1.02. The van der Waals surface area contributed by atoms with Gasteiger partial charge in [0.05, 0.1) is 5.03 Å². The summed E-state index contributed by atoms with van der Waals surface area (Å²) in [5, 5.41) is 4.46. The molecule has 0 atom stereocenters. The summed E-state index contributed by atoms with van der Waals surface area (Å²) < 4.78 is 0. The fourth-order valence-corrected chi connectivity index (χ4v) is 1.98. The van der Waals surface area contributed by atoms with E-state index in [-0.39, 0.29) is 0 Å². The zero-order valence-electron chi connectivity index (χ0n) is 9.35. The number of nitrogens with one attached hydrogen (secondary N) is 1. The summed E-state index contributed by atoms with van der Waals surface area (Å²) in [6, 6.07) is 0. The Morgan fingerprint density at radius 1 is 1.46 bits per heavy atom. The summed E-state index contributed by atoms with van der Waals surface area (Å²) in [6.07, 6.45) is 5.49. The Bertz CT molecular complexity index is 192. The van der Waals surface area contributed by atoms with Gasteiger partial charge in [-0.25, -0.2) is 0 Å². The molecule has 0 aliphatic rings. The van der Waals surface area contributed by atoms with Gasteiger partial charge in [0.15, 0.2) is 0 Å². The highest BCUT2D eigenvalue weighted by molar-refractivity contribution is 8.06. The van der Waals surface area contributed by atoms with Gasteiger partial charge in [0.1, 0.15) is 0 Å². The molecule has 2 heteroatoms. The third kappa shape index (κ3) is 5.04. The van der Waals surface area contributed by atoms with E-state index in [0.717, 1.165) is 6.42 Å². The third-order valence-corrected chi connectivity index (χ3v) is 3.25. The smallest absolute Gasteiger partial charge is 0.0683 e. The van der Waals surface area contributed by atoms with Crippen LogP contribution in [0.4, 0.5) is 0 Å². The van der Waals surface area contributed by atoms with E-state index in [2.05, 4.69) is 45.2 Å². The van der Waals surface area contributed by atoms with Crippen molar-refractivity contribution < 1.29 is 0 Å². The molecule has 0 saturated heterocycles. The van der Waals surface area contributed by atoms with Crippen LogP contribution in [0.1, 0.15) is 34.1 Å². The minimum atomic E-state index is 0.614. The molecule has 13 heavy (non-hydrogen) atoms. The Kier molecular flexibility index (Phi) is 6.87. The van der Waals surface area contributed by atoms with Crippen molar-refractivity contribution in [1.82, 2.24) is 5.32 Å². The molecule has 1 nitrogen and oxygen atoms in total. The lowest BCUT2D eigenvalue weighted by atomic mass is 10.2. The van der Waals surface area contributed by atoms with Crippen molar-refractivity contribution in [2.24, 2.45) is 5.92 Å². The number of allylic oxidation sites excluding steroid dienone is 3. The van der Waals surface area contributed by atoms with Gasteiger partial charge in [0.2, 0.25) is 0 Å². The van der Waals surface area contributed by atoms with E-state index in [4.69, 9.17) is 0 Å². The van der Waals surface area contributed by atoms with Gasteiger partial charge in [-0.3, -0.25) is 0 Å². The molecular formula is C11H21NS. The molecule has 0 spiro atoms. The first kappa shape index (κ1) is 12.6. The van der Waals surface area contributed by atoms with Crippen LogP contribution in [0.25, 0.3) is 0 Å². The summed E-state index contributed by atoms with van der Waals surface area (Å²) in [7, 11) is 1.97. The molecule has 0 radical (unpaired) electrons. The molecule has 0 aromatic heterocycles. The fraction of sp³-hybridized carbons (Fsp3) is 0.636. The van der Waals surface area contributed by atoms with Crippen LogP contribution in [0, 0.1) is 5.92 Å². The Morgan fingerprint density at radius 3 is 2.38 bits per heavy atom. The Hall–Kier alpha value is -0.370. The molecule has 0 aliphatic carbocycles. The second-order valence-corrected chi connectivity index (χ2v) is 4.29. The highest BCUT2D eigenvalue weighted by atomic mass is 32.2. The van der Waals surface area contributed by atoms with E-state index < -0.39 is 0 Å². The van der Waals surface area contributed by atoms with Crippen molar-refractivity contribution in [1.29, 1.82) is 0 Å². The van der Waals surface area contributed by atoms with Crippen LogP contribution < -0.4 is 5.32 Å². The van der Waals surface area contributed by atoms with Gasteiger partial charge in [-0.2, -0.15) is 0 Å². The van der Waals surface area contributed by atoms with Gasteiger partial charge >= 0.3 is 0 Å². The predicted octanol–water partition coefficient (Wildman–Crippen LogP) is 3.75. The molecule has 0 bridgehead atoms. The predicted molar refractivity (Wildman–Crippen MR) is 63.6 cm³/mol. The lowest BCUT2D eigenvalue weighted by Crippen LogP contribution is -2.03. The number of thioether (sulfide) groups is 1. The Balaban J connectivity index is 4.30. The van der Waals surface area contributed by atoms with Gasteiger partial charge < -0.3 is 5.32 Å². The lowest BCUT2D eigenvalue weighted by molar-refractivity contribution is 0.814. The highest BCUT2D eigenvalue weighted by Gasteiger charge is 2.04. The summed E-state index contributed by atoms with van der Waals surface area (Å²) >= 11 is 1.83. The molecule has 0 heterocycles.